The smallest absolute Gasteiger partial charge is 0.148 e. The van der Waals surface area contributed by atoms with Crippen molar-refractivity contribution in [2.45, 2.75) is 26.7 Å². The Balaban J connectivity index is 2.35. The number of hydrogen-bond donors (Lipinski definition) is 3. The maximum atomic E-state index is 5.54. The zero-order chi connectivity index (χ0) is 15.2. The van der Waals surface area contributed by atoms with E-state index in [1.807, 2.05) is 31.2 Å². The first-order valence-electron chi connectivity index (χ1n) is 6.93. The lowest BCUT2D eigenvalue weighted by Gasteiger charge is -2.14. The highest BCUT2D eigenvalue weighted by molar-refractivity contribution is 5.65. The molecule has 2 aromatic rings. The molecule has 6 heteroatoms. The molecule has 0 aliphatic rings. The zero-order valence-electron chi connectivity index (χ0n) is 12.6. The summed E-state index contributed by atoms with van der Waals surface area (Å²) in [4.78, 5) is 8.97. The highest BCUT2D eigenvalue weighted by Gasteiger charge is 2.10. The molecule has 1 heterocycles. The van der Waals surface area contributed by atoms with Crippen LogP contribution in [0.5, 0.6) is 5.75 Å². The van der Waals surface area contributed by atoms with Gasteiger partial charge in [0.25, 0.3) is 0 Å². The molecule has 0 fully saturated rings. The summed E-state index contributed by atoms with van der Waals surface area (Å²) in [6, 6.07) is 7.69. The number of ether oxygens (including phenoxy) is 1. The minimum Gasteiger partial charge on any atom is -0.497 e. The Labute approximate surface area is 124 Å². The largest absolute Gasteiger partial charge is 0.497 e. The highest BCUT2D eigenvalue weighted by Crippen LogP contribution is 2.25. The Bertz CT molecular complexity index is 615. The number of nitrogen functional groups attached to an aromatic ring is 1. The fourth-order valence-electron chi connectivity index (χ4n) is 2.00. The maximum absolute atomic E-state index is 5.54. The molecule has 0 spiro atoms. The van der Waals surface area contributed by atoms with Gasteiger partial charge in [0.05, 0.1) is 7.11 Å². The molecule has 0 aliphatic carbocycles. The van der Waals surface area contributed by atoms with E-state index in [9.17, 15) is 0 Å². The van der Waals surface area contributed by atoms with Gasteiger partial charge in [-0.05, 0) is 25.5 Å². The van der Waals surface area contributed by atoms with Gasteiger partial charge in [0.15, 0.2) is 0 Å². The third-order valence-electron chi connectivity index (χ3n) is 3.13. The molecule has 0 saturated heterocycles. The minimum atomic E-state index is 0.638. The second kappa shape index (κ2) is 6.90. The zero-order valence-corrected chi connectivity index (χ0v) is 12.6. The van der Waals surface area contributed by atoms with Crippen LogP contribution in [0.1, 0.15) is 24.7 Å². The second-order valence-electron chi connectivity index (χ2n) is 4.71. The van der Waals surface area contributed by atoms with E-state index in [0.29, 0.717) is 5.82 Å². The lowest BCUT2D eigenvalue weighted by Crippen LogP contribution is -2.14. The molecule has 0 radical (unpaired) electrons. The van der Waals surface area contributed by atoms with Crippen LogP contribution in [0.15, 0.2) is 24.3 Å². The van der Waals surface area contributed by atoms with Crippen LogP contribution >= 0.6 is 0 Å². The van der Waals surface area contributed by atoms with Gasteiger partial charge in [-0.15, -0.1) is 0 Å². The van der Waals surface area contributed by atoms with Gasteiger partial charge < -0.3 is 15.5 Å². The standard InChI is InChI=1S/C15H21N5O/c1-4-6-13-18-14(10(2)15(19-13)20-16)17-11-7-5-8-12(9-11)21-3/h5,7-9H,4,6,16H2,1-3H3,(H2,17,18,19,20). The number of anilines is 3. The molecule has 112 valence electrons. The number of hydrogen-bond acceptors (Lipinski definition) is 6. The van der Waals surface area contributed by atoms with Gasteiger partial charge in [0.1, 0.15) is 23.2 Å². The van der Waals surface area contributed by atoms with E-state index in [1.54, 1.807) is 7.11 Å². The fourth-order valence-corrected chi connectivity index (χ4v) is 2.00. The molecule has 6 nitrogen and oxygen atoms in total. The van der Waals surface area contributed by atoms with Crippen LogP contribution in [-0.4, -0.2) is 17.1 Å². The highest BCUT2D eigenvalue weighted by atomic mass is 16.5. The number of nitrogens with zero attached hydrogens (tertiary/aromatic N) is 2. The monoisotopic (exact) mass is 287 g/mol. The van der Waals surface area contributed by atoms with E-state index in [4.69, 9.17) is 10.6 Å². The van der Waals surface area contributed by atoms with Crippen LogP contribution < -0.4 is 21.3 Å². The SMILES string of the molecule is CCCc1nc(NN)c(C)c(Nc2cccc(OC)c2)n1. The quantitative estimate of drug-likeness (QED) is 0.559. The average molecular weight is 287 g/mol. The van der Waals surface area contributed by atoms with E-state index in [0.717, 1.165) is 41.5 Å². The van der Waals surface area contributed by atoms with E-state index in [-0.39, 0.29) is 0 Å². The topological polar surface area (TPSA) is 85.1 Å². The summed E-state index contributed by atoms with van der Waals surface area (Å²) in [6.45, 7) is 4.02. The number of aromatic nitrogens is 2. The Hall–Kier alpha value is -2.34. The van der Waals surface area contributed by atoms with Crippen molar-refractivity contribution in [1.29, 1.82) is 0 Å². The van der Waals surface area contributed by atoms with Crippen molar-refractivity contribution in [1.82, 2.24) is 9.97 Å². The van der Waals surface area contributed by atoms with Gasteiger partial charge in [-0.3, -0.25) is 0 Å². The summed E-state index contributed by atoms with van der Waals surface area (Å²) >= 11 is 0. The molecule has 1 aromatic carbocycles. The third-order valence-corrected chi connectivity index (χ3v) is 3.13. The maximum Gasteiger partial charge on any atom is 0.148 e. The van der Waals surface area contributed by atoms with Crippen LogP contribution in [0, 0.1) is 6.92 Å². The van der Waals surface area contributed by atoms with Crippen molar-refractivity contribution in [3.05, 3.63) is 35.7 Å². The molecule has 0 amide bonds. The van der Waals surface area contributed by atoms with Crippen LogP contribution in [0.2, 0.25) is 0 Å². The van der Waals surface area contributed by atoms with Crippen molar-refractivity contribution >= 4 is 17.3 Å². The number of benzene rings is 1. The van der Waals surface area contributed by atoms with Crippen LogP contribution in [0.4, 0.5) is 17.3 Å². The van der Waals surface area contributed by atoms with Gasteiger partial charge in [0, 0.05) is 23.7 Å². The summed E-state index contributed by atoms with van der Waals surface area (Å²) in [5.41, 5.74) is 4.41. The van der Waals surface area contributed by atoms with Gasteiger partial charge in [-0.2, -0.15) is 0 Å². The van der Waals surface area contributed by atoms with E-state index in [1.165, 1.54) is 0 Å². The first-order valence-corrected chi connectivity index (χ1v) is 6.93. The Kier molecular flexibility index (Phi) is 4.94. The van der Waals surface area contributed by atoms with E-state index in [2.05, 4.69) is 27.6 Å². The molecule has 0 bridgehead atoms. The molecule has 0 aliphatic heterocycles. The summed E-state index contributed by atoms with van der Waals surface area (Å²) < 4.78 is 5.22. The third kappa shape index (κ3) is 3.61. The summed E-state index contributed by atoms with van der Waals surface area (Å²) in [5, 5.41) is 3.29. The Morgan fingerprint density at radius 3 is 2.67 bits per heavy atom. The average Bonchev–Trinajstić information content (AvgIpc) is 2.50. The molecule has 0 atom stereocenters. The molecular formula is C15H21N5O. The molecule has 0 saturated carbocycles. The minimum absolute atomic E-state index is 0.638. The van der Waals surface area contributed by atoms with Crippen molar-refractivity contribution in [3.8, 4) is 5.75 Å². The van der Waals surface area contributed by atoms with Crippen molar-refractivity contribution in [2.75, 3.05) is 17.9 Å². The second-order valence-corrected chi connectivity index (χ2v) is 4.71. The van der Waals surface area contributed by atoms with Crippen molar-refractivity contribution < 1.29 is 4.74 Å². The van der Waals surface area contributed by atoms with E-state index >= 15 is 0 Å². The Morgan fingerprint density at radius 1 is 1.24 bits per heavy atom. The molecular weight excluding hydrogens is 266 g/mol. The first kappa shape index (κ1) is 15.1. The molecule has 2 rings (SSSR count). The van der Waals surface area contributed by atoms with Crippen LogP contribution in [0.25, 0.3) is 0 Å². The Morgan fingerprint density at radius 2 is 2.00 bits per heavy atom. The number of nitrogens with one attached hydrogen (secondary N) is 2. The van der Waals surface area contributed by atoms with Gasteiger partial charge in [0.2, 0.25) is 0 Å². The van der Waals surface area contributed by atoms with Gasteiger partial charge in [-0.25, -0.2) is 15.8 Å². The molecule has 21 heavy (non-hydrogen) atoms. The molecule has 1 aromatic heterocycles. The number of nitrogens with two attached hydrogens (primary N) is 1. The number of rotatable bonds is 6. The first-order chi connectivity index (χ1) is 10.2. The fraction of sp³-hybridized carbons (Fsp3) is 0.333. The van der Waals surface area contributed by atoms with E-state index < -0.39 is 0 Å². The number of hydrazine groups is 1. The summed E-state index contributed by atoms with van der Waals surface area (Å²) in [5.74, 6) is 8.47. The number of aryl methyl sites for hydroxylation is 1. The lowest BCUT2D eigenvalue weighted by atomic mass is 10.2. The van der Waals surface area contributed by atoms with Crippen LogP contribution in [-0.2, 0) is 6.42 Å². The van der Waals surface area contributed by atoms with Crippen molar-refractivity contribution in [2.24, 2.45) is 5.84 Å². The molecule has 0 unspecified atom stereocenters. The predicted molar refractivity (Wildman–Crippen MR) is 84.9 cm³/mol. The normalized spacial score (nSPS) is 10.3. The molecule has 4 N–H and O–H groups in total. The summed E-state index contributed by atoms with van der Waals surface area (Å²) in [6.07, 6.45) is 1.79. The van der Waals surface area contributed by atoms with Gasteiger partial charge >= 0.3 is 0 Å². The predicted octanol–water partition coefficient (Wildman–Crippen LogP) is 2.78. The van der Waals surface area contributed by atoms with Gasteiger partial charge in [-0.1, -0.05) is 13.0 Å². The number of methoxy groups -OCH3 is 1. The summed E-state index contributed by atoms with van der Waals surface area (Å²) in [7, 11) is 1.64. The van der Waals surface area contributed by atoms with Crippen molar-refractivity contribution in [3.63, 3.8) is 0 Å². The van der Waals surface area contributed by atoms with Crippen LogP contribution in [0.3, 0.4) is 0 Å². The lowest BCUT2D eigenvalue weighted by molar-refractivity contribution is 0.415.